The van der Waals surface area contributed by atoms with Crippen LogP contribution in [0.2, 0.25) is 0 Å². The molecule has 140 valence electrons. The van der Waals surface area contributed by atoms with Gasteiger partial charge in [0.15, 0.2) is 0 Å². The summed E-state index contributed by atoms with van der Waals surface area (Å²) in [6.07, 6.45) is 0. The molecule has 2 aromatic carbocycles. The van der Waals surface area contributed by atoms with Crippen LogP contribution in [0.4, 0.5) is 0 Å². The van der Waals surface area contributed by atoms with Crippen molar-refractivity contribution in [2.45, 2.75) is 33.7 Å². The number of rotatable bonds is 7. The molecule has 0 radical (unpaired) electrons. The van der Waals surface area contributed by atoms with E-state index < -0.39 is 0 Å². The van der Waals surface area contributed by atoms with Gasteiger partial charge in [-0.15, -0.1) is 0 Å². The SMILES string of the molecule is CCn1c(=O)cc([Se]c2cccc(C)c2)n(COCc2ccccc2)c1=S. The molecule has 0 saturated carbocycles. The first-order valence-corrected chi connectivity index (χ1v) is 10.9. The number of nitrogens with zero attached hydrogens (tertiary/aromatic N) is 2. The summed E-state index contributed by atoms with van der Waals surface area (Å²) < 4.78 is 12.1. The Balaban J connectivity index is 1.89. The normalized spacial score (nSPS) is 10.9. The van der Waals surface area contributed by atoms with Crippen LogP contribution in [0, 0.1) is 11.7 Å². The van der Waals surface area contributed by atoms with E-state index in [1.807, 2.05) is 47.9 Å². The van der Waals surface area contributed by atoms with E-state index in [9.17, 15) is 4.79 Å². The molecule has 0 aliphatic rings. The average molecular weight is 445 g/mol. The Hall–Kier alpha value is -1.98. The molecule has 0 aliphatic heterocycles. The Morgan fingerprint density at radius 3 is 2.52 bits per heavy atom. The number of hydrogen-bond acceptors (Lipinski definition) is 3. The second-order valence-electron chi connectivity index (χ2n) is 6.16. The summed E-state index contributed by atoms with van der Waals surface area (Å²) in [6, 6.07) is 20.1. The van der Waals surface area contributed by atoms with Gasteiger partial charge in [-0.3, -0.25) is 0 Å². The quantitative estimate of drug-likeness (QED) is 0.414. The molecule has 0 bridgehead atoms. The fourth-order valence-corrected chi connectivity index (χ4v) is 5.41. The van der Waals surface area contributed by atoms with Crippen molar-refractivity contribution in [1.82, 2.24) is 9.13 Å². The van der Waals surface area contributed by atoms with E-state index in [4.69, 9.17) is 17.0 Å². The van der Waals surface area contributed by atoms with Crippen molar-refractivity contribution in [2.24, 2.45) is 0 Å². The van der Waals surface area contributed by atoms with E-state index in [0.717, 1.165) is 10.2 Å². The molecule has 4 nitrogen and oxygen atoms in total. The summed E-state index contributed by atoms with van der Waals surface area (Å²) in [5.41, 5.74) is 2.27. The molecule has 0 amide bonds. The standard InChI is InChI=1S/C21H22N2O2SSe/c1-3-22-19(24)13-20(27-18-11-7-8-16(2)12-18)23(21(22)26)15-25-14-17-9-5-4-6-10-17/h4-13H,3,14-15H2,1-2H3. The Morgan fingerprint density at radius 1 is 1.04 bits per heavy atom. The van der Waals surface area contributed by atoms with Crippen LogP contribution < -0.4 is 14.6 Å². The molecule has 0 saturated heterocycles. The molecule has 1 heterocycles. The van der Waals surface area contributed by atoms with Crippen LogP contribution >= 0.6 is 12.2 Å². The van der Waals surface area contributed by atoms with E-state index in [-0.39, 0.29) is 20.5 Å². The summed E-state index contributed by atoms with van der Waals surface area (Å²) in [6.45, 7) is 5.39. The van der Waals surface area contributed by atoms with Gasteiger partial charge in [-0.1, -0.05) is 0 Å². The minimum atomic E-state index is -0.0497. The summed E-state index contributed by atoms with van der Waals surface area (Å²) in [7, 11) is 0. The van der Waals surface area contributed by atoms with Crippen LogP contribution in [0.3, 0.4) is 0 Å². The first kappa shape index (κ1) is 19.8. The molecule has 3 aromatic rings. The molecule has 0 spiro atoms. The molecule has 0 N–H and O–H groups in total. The van der Waals surface area contributed by atoms with Crippen molar-refractivity contribution in [3.63, 3.8) is 0 Å². The number of ether oxygens (including phenoxy) is 1. The minimum absolute atomic E-state index is 0.0261. The molecule has 0 atom stereocenters. The van der Waals surface area contributed by atoms with Crippen molar-refractivity contribution in [1.29, 1.82) is 0 Å². The molecule has 1 aromatic heterocycles. The summed E-state index contributed by atoms with van der Waals surface area (Å²) in [5, 5.41) is 0. The van der Waals surface area contributed by atoms with E-state index in [1.165, 1.54) is 10.0 Å². The Bertz CT molecular complexity index is 1030. The van der Waals surface area contributed by atoms with E-state index in [0.29, 0.717) is 24.7 Å². The van der Waals surface area contributed by atoms with Gasteiger partial charge < -0.3 is 0 Å². The van der Waals surface area contributed by atoms with Gasteiger partial charge in [0.2, 0.25) is 0 Å². The van der Waals surface area contributed by atoms with Crippen LogP contribution in [-0.2, 0) is 24.6 Å². The predicted octanol–water partition coefficient (Wildman–Crippen LogP) is 2.54. The van der Waals surface area contributed by atoms with E-state index >= 15 is 0 Å². The number of benzene rings is 2. The van der Waals surface area contributed by atoms with Gasteiger partial charge in [0.1, 0.15) is 0 Å². The van der Waals surface area contributed by atoms with Gasteiger partial charge in [0.05, 0.1) is 0 Å². The first-order chi connectivity index (χ1) is 13.1. The zero-order valence-electron chi connectivity index (χ0n) is 15.4. The van der Waals surface area contributed by atoms with Gasteiger partial charge in [-0.25, -0.2) is 0 Å². The number of hydrogen-bond donors (Lipinski definition) is 0. The number of aryl methyl sites for hydroxylation is 1. The summed E-state index contributed by atoms with van der Waals surface area (Å²) in [4.78, 5) is 12.4. The maximum atomic E-state index is 12.4. The van der Waals surface area contributed by atoms with Gasteiger partial charge in [-0.05, 0) is 0 Å². The van der Waals surface area contributed by atoms with Gasteiger partial charge in [0.25, 0.3) is 0 Å². The predicted molar refractivity (Wildman–Crippen MR) is 113 cm³/mol. The first-order valence-electron chi connectivity index (χ1n) is 8.79. The fraction of sp³-hybridized carbons (Fsp3) is 0.238. The van der Waals surface area contributed by atoms with Crippen LogP contribution in [0.15, 0.2) is 65.5 Å². The Labute approximate surface area is 170 Å². The molecule has 0 fully saturated rings. The van der Waals surface area contributed by atoms with Crippen molar-refractivity contribution in [3.05, 3.63) is 86.9 Å². The molecule has 3 rings (SSSR count). The average Bonchev–Trinajstić information content (AvgIpc) is 2.65. The third-order valence-corrected chi connectivity index (χ3v) is 6.72. The van der Waals surface area contributed by atoms with Crippen LogP contribution in [0.25, 0.3) is 0 Å². The van der Waals surface area contributed by atoms with Crippen LogP contribution in [-0.4, -0.2) is 24.1 Å². The van der Waals surface area contributed by atoms with E-state index in [2.05, 4.69) is 25.1 Å². The zero-order chi connectivity index (χ0) is 19.2. The molecule has 27 heavy (non-hydrogen) atoms. The third-order valence-electron chi connectivity index (χ3n) is 4.10. The zero-order valence-corrected chi connectivity index (χ0v) is 18.0. The van der Waals surface area contributed by atoms with Crippen molar-refractivity contribution >= 4 is 36.2 Å². The van der Waals surface area contributed by atoms with Crippen molar-refractivity contribution in [2.75, 3.05) is 0 Å². The van der Waals surface area contributed by atoms with E-state index in [1.54, 1.807) is 10.6 Å². The third kappa shape index (κ3) is 5.05. The van der Waals surface area contributed by atoms with Gasteiger partial charge in [-0.2, -0.15) is 0 Å². The molecule has 0 unspecified atom stereocenters. The molecular weight excluding hydrogens is 423 g/mol. The Morgan fingerprint density at radius 2 is 1.81 bits per heavy atom. The molecular formula is C21H22N2O2SSe. The van der Waals surface area contributed by atoms with Crippen LogP contribution in [0.1, 0.15) is 18.1 Å². The second-order valence-corrected chi connectivity index (χ2v) is 8.82. The summed E-state index contributed by atoms with van der Waals surface area (Å²) in [5.74, 6) is 0. The maximum absolute atomic E-state index is 12.4. The Kier molecular flexibility index (Phi) is 6.80. The van der Waals surface area contributed by atoms with Crippen LogP contribution in [0.5, 0.6) is 0 Å². The summed E-state index contributed by atoms with van der Waals surface area (Å²) >= 11 is 5.57. The van der Waals surface area contributed by atoms with Gasteiger partial charge in [0, 0.05) is 0 Å². The molecule has 6 heteroatoms. The fourth-order valence-electron chi connectivity index (χ4n) is 2.72. The second kappa shape index (κ2) is 9.29. The van der Waals surface area contributed by atoms with Gasteiger partial charge >= 0.3 is 171 Å². The monoisotopic (exact) mass is 446 g/mol. The van der Waals surface area contributed by atoms with Crippen molar-refractivity contribution in [3.8, 4) is 0 Å². The number of aromatic nitrogens is 2. The topological polar surface area (TPSA) is 36.2 Å². The molecule has 0 aliphatic carbocycles. The van der Waals surface area contributed by atoms with Crippen molar-refractivity contribution < 1.29 is 4.74 Å².